The Morgan fingerprint density at radius 1 is 1.33 bits per heavy atom. The Kier molecular flexibility index (Phi) is 2.72. The molecular weight excluding hydrogens is 250 g/mol. The van der Waals surface area contributed by atoms with Crippen molar-refractivity contribution in [2.45, 2.75) is 12.3 Å². The molecule has 0 fully saturated rings. The van der Waals surface area contributed by atoms with E-state index in [1.54, 1.807) is 6.07 Å². The maximum Gasteiger partial charge on any atom is 0.234 e. The minimum absolute atomic E-state index is 0.0871. The molecule has 18 heavy (non-hydrogen) atoms. The summed E-state index contributed by atoms with van der Waals surface area (Å²) < 4.78 is 0. The number of aromatic nitrogens is 2. The van der Waals surface area contributed by atoms with E-state index in [0.717, 1.165) is 12.0 Å². The fourth-order valence-corrected chi connectivity index (χ4v) is 2.22. The SMILES string of the molecule is O=C(Nc1nccc(Cl)n1)C1Cc2ccccc21. The summed E-state index contributed by atoms with van der Waals surface area (Å²) in [7, 11) is 0. The average Bonchev–Trinajstić information content (AvgIpc) is 2.30. The van der Waals surface area contributed by atoms with Crippen molar-refractivity contribution in [3.8, 4) is 0 Å². The van der Waals surface area contributed by atoms with Crippen LogP contribution >= 0.6 is 11.6 Å². The van der Waals surface area contributed by atoms with Crippen molar-refractivity contribution in [1.29, 1.82) is 0 Å². The second kappa shape index (κ2) is 4.38. The third kappa shape index (κ3) is 1.95. The Balaban J connectivity index is 1.75. The van der Waals surface area contributed by atoms with Crippen LogP contribution in [0.4, 0.5) is 5.95 Å². The summed E-state index contributed by atoms with van der Waals surface area (Å²) in [6.07, 6.45) is 2.28. The van der Waals surface area contributed by atoms with Crippen molar-refractivity contribution < 1.29 is 4.79 Å². The number of amides is 1. The zero-order chi connectivity index (χ0) is 12.5. The van der Waals surface area contributed by atoms with Crippen LogP contribution in [-0.2, 0) is 11.2 Å². The standard InChI is InChI=1S/C13H10ClN3O/c14-11-5-6-15-13(16-11)17-12(18)10-7-8-3-1-2-4-9(8)10/h1-6,10H,7H2,(H,15,16,17,18). The zero-order valence-electron chi connectivity index (χ0n) is 9.43. The number of hydrogen-bond donors (Lipinski definition) is 1. The second-order valence-electron chi connectivity index (χ2n) is 4.15. The summed E-state index contributed by atoms with van der Waals surface area (Å²) in [6, 6.07) is 9.49. The van der Waals surface area contributed by atoms with Gasteiger partial charge >= 0.3 is 0 Å². The summed E-state index contributed by atoms with van der Waals surface area (Å²) in [5.41, 5.74) is 2.31. The first-order valence-corrected chi connectivity index (χ1v) is 5.99. The molecule has 1 aliphatic carbocycles. The molecule has 4 nitrogen and oxygen atoms in total. The number of halogens is 1. The van der Waals surface area contributed by atoms with Crippen molar-refractivity contribution in [3.05, 3.63) is 52.8 Å². The number of hydrogen-bond acceptors (Lipinski definition) is 3. The van der Waals surface area contributed by atoms with Gasteiger partial charge in [-0.1, -0.05) is 35.9 Å². The van der Waals surface area contributed by atoms with Crippen molar-refractivity contribution >= 4 is 23.5 Å². The van der Waals surface area contributed by atoms with Gasteiger partial charge in [-0.2, -0.15) is 0 Å². The smallest absolute Gasteiger partial charge is 0.234 e. The Labute approximate surface area is 109 Å². The van der Waals surface area contributed by atoms with Crippen LogP contribution in [0.15, 0.2) is 36.5 Å². The van der Waals surface area contributed by atoms with E-state index in [0.29, 0.717) is 5.15 Å². The maximum absolute atomic E-state index is 12.0. The van der Waals surface area contributed by atoms with Crippen molar-refractivity contribution in [3.63, 3.8) is 0 Å². The third-order valence-corrected chi connectivity index (χ3v) is 3.24. The molecule has 1 N–H and O–H groups in total. The van der Waals surface area contributed by atoms with Gasteiger partial charge in [0.05, 0.1) is 5.92 Å². The molecule has 3 rings (SSSR count). The van der Waals surface area contributed by atoms with Crippen molar-refractivity contribution in [2.24, 2.45) is 0 Å². The lowest BCUT2D eigenvalue weighted by Gasteiger charge is -2.28. The molecule has 0 aliphatic heterocycles. The van der Waals surface area contributed by atoms with Gasteiger partial charge in [0, 0.05) is 6.20 Å². The molecule has 1 aromatic heterocycles. The molecular formula is C13H10ClN3O. The van der Waals surface area contributed by atoms with Gasteiger partial charge in [-0.3, -0.25) is 10.1 Å². The lowest BCUT2D eigenvalue weighted by Crippen LogP contribution is -2.30. The molecule has 1 amide bonds. The summed E-state index contributed by atoms with van der Waals surface area (Å²) in [5.74, 6) is 0.0524. The Bertz CT molecular complexity index is 615. The van der Waals surface area contributed by atoms with Crippen LogP contribution in [0.2, 0.25) is 5.15 Å². The highest BCUT2D eigenvalue weighted by Crippen LogP contribution is 2.35. The highest BCUT2D eigenvalue weighted by Gasteiger charge is 2.31. The van der Waals surface area contributed by atoms with Gasteiger partial charge in [-0.15, -0.1) is 0 Å². The number of carbonyl (C=O) groups is 1. The average molecular weight is 260 g/mol. The monoisotopic (exact) mass is 259 g/mol. The first kappa shape index (κ1) is 11.2. The highest BCUT2D eigenvalue weighted by atomic mass is 35.5. The van der Waals surface area contributed by atoms with E-state index in [2.05, 4.69) is 15.3 Å². The molecule has 1 unspecified atom stereocenters. The lowest BCUT2D eigenvalue weighted by molar-refractivity contribution is -0.118. The van der Waals surface area contributed by atoms with Gasteiger partial charge in [0.25, 0.3) is 0 Å². The molecule has 2 aromatic rings. The Hall–Kier alpha value is -1.94. The molecule has 1 aromatic carbocycles. The molecule has 0 radical (unpaired) electrons. The summed E-state index contributed by atoms with van der Waals surface area (Å²) in [5, 5.41) is 2.99. The van der Waals surface area contributed by atoms with Crippen molar-refractivity contribution in [2.75, 3.05) is 5.32 Å². The van der Waals surface area contributed by atoms with Gasteiger partial charge in [-0.05, 0) is 23.6 Å². The number of fused-ring (bicyclic) bond motifs is 1. The lowest BCUT2D eigenvalue weighted by atomic mass is 9.77. The maximum atomic E-state index is 12.0. The Morgan fingerprint density at radius 2 is 2.17 bits per heavy atom. The predicted molar refractivity (Wildman–Crippen MR) is 68.6 cm³/mol. The molecule has 90 valence electrons. The van der Waals surface area contributed by atoms with E-state index in [1.807, 2.05) is 24.3 Å². The first-order chi connectivity index (χ1) is 8.74. The quantitative estimate of drug-likeness (QED) is 0.843. The molecule has 0 saturated carbocycles. The molecule has 0 saturated heterocycles. The molecule has 0 bridgehead atoms. The van der Waals surface area contributed by atoms with Crippen LogP contribution in [0, 0.1) is 0 Å². The third-order valence-electron chi connectivity index (χ3n) is 3.03. The summed E-state index contributed by atoms with van der Waals surface area (Å²) in [4.78, 5) is 19.9. The van der Waals surface area contributed by atoms with Gasteiger partial charge in [-0.25, -0.2) is 9.97 Å². The van der Waals surface area contributed by atoms with Crippen LogP contribution in [-0.4, -0.2) is 15.9 Å². The molecule has 0 spiro atoms. The van der Waals surface area contributed by atoms with Gasteiger partial charge in [0.2, 0.25) is 11.9 Å². The van der Waals surface area contributed by atoms with Crippen LogP contribution in [0.1, 0.15) is 17.0 Å². The minimum Gasteiger partial charge on any atom is -0.294 e. The van der Waals surface area contributed by atoms with Crippen LogP contribution in [0.3, 0.4) is 0 Å². The topological polar surface area (TPSA) is 54.9 Å². The van der Waals surface area contributed by atoms with Gasteiger partial charge in [0.1, 0.15) is 5.15 Å². The van der Waals surface area contributed by atoms with Gasteiger partial charge < -0.3 is 0 Å². The second-order valence-corrected chi connectivity index (χ2v) is 4.53. The van der Waals surface area contributed by atoms with E-state index in [-0.39, 0.29) is 17.8 Å². The van der Waals surface area contributed by atoms with Crippen LogP contribution < -0.4 is 5.32 Å². The predicted octanol–water partition coefficient (Wildman–Crippen LogP) is 2.41. The highest BCUT2D eigenvalue weighted by molar-refractivity contribution is 6.29. The minimum atomic E-state index is -0.108. The number of rotatable bonds is 2. The molecule has 5 heteroatoms. The van der Waals surface area contributed by atoms with E-state index in [1.165, 1.54) is 11.8 Å². The largest absolute Gasteiger partial charge is 0.294 e. The number of anilines is 1. The number of benzene rings is 1. The van der Waals surface area contributed by atoms with Gasteiger partial charge in [0.15, 0.2) is 0 Å². The van der Waals surface area contributed by atoms with E-state index in [4.69, 9.17) is 11.6 Å². The normalized spacial score (nSPS) is 16.6. The molecule has 1 aliphatic rings. The van der Waals surface area contributed by atoms with Crippen LogP contribution in [0.25, 0.3) is 0 Å². The number of nitrogens with zero attached hydrogens (tertiary/aromatic N) is 2. The number of nitrogens with one attached hydrogen (secondary N) is 1. The fourth-order valence-electron chi connectivity index (χ4n) is 2.09. The van der Waals surface area contributed by atoms with Crippen molar-refractivity contribution in [1.82, 2.24) is 9.97 Å². The summed E-state index contributed by atoms with van der Waals surface area (Å²) >= 11 is 5.73. The van der Waals surface area contributed by atoms with E-state index in [9.17, 15) is 4.79 Å². The zero-order valence-corrected chi connectivity index (χ0v) is 10.2. The fraction of sp³-hybridized carbons (Fsp3) is 0.154. The molecule has 1 heterocycles. The van der Waals surface area contributed by atoms with Crippen LogP contribution in [0.5, 0.6) is 0 Å². The first-order valence-electron chi connectivity index (χ1n) is 5.61. The van der Waals surface area contributed by atoms with E-state index >= 15 is 0 Å². The number of carbonyl (C=O) groups excluding carboxylic acids is 1. The van der Waals surface area contributed by atoms with E-state index < -0.39 is 0 Å². The Morgan fingerprint density at radius 3 is 2.94 bits per heavy atom. The molecule has 1 atom stereocenters. The summed E-state index contributed by atoms with van der Waals surface area (Å²) in [6.45, 7) is 0.